The summed E-state index contributed by atoms with van der Waals surface area (Å²) in [7, 11) is 1.65. The zero-order valence-electron chi connectivity index (χ0n) is 13.6. The van der Waals surface area contributed by atoms with E-state index in [1.807, 2.05) is 59.4 Å². The smallest absolute Gasteiger partial charge is 0.256 e. The SMILES string of the molecule is COCCCNC(=O)c1cnn(-c2ccccc2)c1-n1cccc1. The van der Waals surface area contributed by atoms with E-state index in [4.69, 9.17) is 4.74 Å². The molecule has 0 radical (unpaired) electrons. The molecule has 0 atom stereocenters. The van der Waals surface area contributed by atoms with E-state index >= 15 is 0 Å². The zero-order valence-corrected chi connectivity index (χ0v) is 13.6. The molecule has 0 fully saturated rings. The quantitative estimate of drug-likeness (QED) is 0.679. The summed E-state index contributed by atoms with van der Waals surface area (Å²) >= 11 is 0. The van der Waals surface area contributed by atoms with E-state index < -0.39 is 0 Å². The third kappa shape index (κ3) is 3.38. The first-order chi connectivity index (χ1) is 11.8. The van der Waals surface area contributed by atoms with Crippen LogP contribution in [0.2, 0.25) is 0 Å². The lowest BCUT2D eigenvalue weighted by Crippen LogP contribution is -2.26. The predicted molar refractivity (Wildman–Crippen MR) is 91.7 cm³/mol. The molecule has 0 aliphatic heterocycles. The summed E-state index contributed by atoms with van der Waals surface area (Å²) in [4.78, 5) is 12.5. The van der Waals surface area contributed by atoms with Gasteiger partial charge in [-0.3, -0.25) is 4.79 Å². The summed E-state index contributed by atoms with van der Waals surface area (Å²) in [6.45, 7) is 1.18. The first kappa shape index (κ1) is 16.0. The molecule has 0 aliphatic carbocycles. The van der Waals surface area contributed by atoms with Crippen molar-refractivity contribution < 1.29 is 9.53 Å². The van der Waals surface area contributed by atoms with E-state index in [9.17, 15) is 4.79 Å². The van der Waals surface area contributed by atoms with Gasteiger partial charge in [-0.15, -0.1) is 0 Å². The largest absolute Gasteiger partial charge is 0.385 e. The summed E-state index contributed by atoms with van der Waals surface area (Å²) in [5.41, 5.74) is 1.44. The first-order valence-electron chi connectivity index (χ1n) is 7.85. The van der Waals surface area contributed by atoms with Crippen molar-refractivity contribution in [2.75, 3.05) is 20.3 Å². The monoisotopic (exact) mass is 324 g/mol. The third-order valence-electron chi connectivity index (χ3n) is 3.65. The maximum absolute atomic E-state index is 12.5. The summed E-state index contributed by atoms with van der Waals surface area (Å²) in [6.07, 6.45) is 6.18. The number of rotatable bonds is 7. The molecule has 2 heterocycles. The van der Waals surface area contributed by atoms with Gasteiger partial charge >= 0.3 is 0 Å². The zero-order chi connectivity index (χ0) is 16.8. The van der Waals surface area contributed by atoms with Crippen LogP contribution in [0, 0.1) is 0 Å². The second-order valence-corrected chi connectivity index (χ2v) is 5.32. The van der Waals surface area contributed by atoms with Crippen LogP contribution in [0.1, 0.15) is 16.8 Å². The highest BCUT2D eigenvalue weighted by molar-refractivity contribution is 5.97. The van der Waals surface area contributed by atoms with Gasteiger partial charge in [0, 0.05) is 32.7 Å². The highest BCUT2D eigenvalue weighted by atomic mass is 16.5. The van der Waals surface area contributed by atoms with Crippen LogP contribution in [0.15, 0.2) is 61.1 Å². The van der Waals surface area contributed by atoms with E-state index in [-0.39, 0.29) is 5.91 Å². The highest BCUT2D eigenvalue weighted by Crippen LogP contribution is 2.19. The highest BCUT2D eigenvalue weighted by Gasteiger charge is 2.19. The minimum Gasteiger partial charge on any atom is -0.385 e. The first-order valence-corrected chi connectivity index (χ1v) is 7.85. The average molecular weight is 324 g/mol. The molecule has 0 bridgehead atoms. The minimum atomic E-state index is -0.142. The standard InChI is InChI=1S/C18H20N4O2/c1-24-13-7-10-19-17(23)16-14-20-22(15-8-3-2-4-9-15)18(16)21-11-5-6-12-21/h2-6,8-9,11-12,14H,7,10,13H2,1H3,(H,19,23). The Morgan fingerprint density at radius 2 is 1.92 bits per heavy atom. The molecule has 0 saturated heterocycles. The Balaban J connectivity index is 1.93. The van der Waals surface area contributed by atoms with E-state index in [0.29, 0.717) is 18.7 Å². The number of nitrogens with one attached hydrogen (secondary N) is 1. The van der Waals surface area contributed by atoms with Crippen LogP contribution < -0.4 is 5.32 Å². The second-order valence-electron chi connectivity index (χ2n) is 5.32. The topological polar surface area (TPSA) is 61.1 Å². The number of benzene rings is 1. The molecular weight excluding hydrogens is 304 g/mol. The number of hydrogen-bond acceptors (Lipinski definition) is 3. The molecule has 0 spiro atoms. The fourth-order valence-electron chi connectivity index (χ4n) is 2.50. The molecule has 24 heavy (non-hydrogen) atoms. The van der Waals surface area contributed by atoms with Crippen molar-refractivity contribution in [2.45, 2.75) is 6.42 Å². The number of amides is 1. The number of carbonyl (C=O) groups is 1. The molecule has 1 aromatic carbocycles. The minimum absolute atomic E-state index is 0.142. The van der Waals surface area contributed by atoms with Crippen molar-refractivity contribution in [3.8, 4) is 11.5 Å². The lowest BCUT2D eigenvalue weighted by atomic mass is 10.2. The van der Waals surface area contributed by atoms with Crippen LogP contribution in [0.25, 0.3) is 11.5 Å². The molecule has 0 unspecified atom stereocenters. The summed E-state index contributed by atoms with van der Waals surface area (Å²) in [5, 5.41) is 7.33. The van der Waals surface area contributed by atoms with Crippen LogP contribution >= 0.6 is 0 Å². The van der Waals surface area contributed by atoms with Crippen molar-refractivity contribution >= 4 is 5.91 Å². The Labute approximate surface area is 140 Å². The van der Waals surface area contributed by atoms with Gasteiger partial charge in [-0.2, -0.15) is 5.10 Å². The molecule has 3 aromatic rings. The van der Waals surface area contributed by atoms with Gasteiger partial charge in [0.05, 0.1) is 11.9 Å². The molecule has 1 amide bonds. The van der Waals surface area contributed by atoms with E-state index in [0.717, 1.165) is 17.9 Å². The van der Waals surface area contributed by atoms with Gasteiger partial charge in [-0.25, -0.2) is 4.68 Å². The number of ether oxygens (including phenoxy) is 1. The molecule has 124 valence electrons. The number of methoxy groups -OCH3 is 1. The summed E-state index contributed by atoms with van der Waals surface area (Å²) < 4.78 is 8.66. The molecule has 6 nitrogen and oxygen atoms in total. The van der Waals surface area contributed by atoms with Gasteiger partial charge in [-0.1, -0.05) is 18.2 Å². The summed E-state index contributed by atoms with van der Waals surface area (Å²) in [6, 6.07) is 13.6. The Bertz CT molecular complexity index is 779. The van der Waals surface area contributed by atoms with Gasteiger partial charge < -0.3 is 14.6 Å². The van der Waals surface area contributed by atoms with Crippen LogP contribution in [0.4, 0.5) is 0 Å². The number of nitrogens with zero attached hydrogens (tertiary/aromatic N) is 3. The van der Waals surface area contributed by atoms with Gasteiger partial charge in [0.15, 0.2) is 5.82 Å². The van der Waals surface area contributed by atoms with Gasteiger partial charge in [-0.05, 0) is 30.7 Å². The fourth-order valence-corrected chi connectivity index (χ4v) is 2.50. The van der Waals surface area contributed by atoms with Crippen LogP contribution in [0.3, 0.4) is 0 Å². The van der Waals surface area contributed by atoms with Crippen LogP contribution in [-0.2, 0) is 4.74 Å². The van der Waals surface area contributed by atoms with E-state index in [1.54, 1.807) is 18.0 Å². The van der Waals surface area contributed by atoms with Gasteiger partial charge in [0.1, 0.15) is 5.56 Å². The molecular formula is C18H20N4O2. The molecule has 0 saturated carbocycles. The lowest BCUT2D eigenvalue weighted by Gasteiger charge is -2.11. The predicted octanol–water partition coefficient (Wildman–Crippen LogP) is 2.43. The number of para-hydroxylation sites is 1. The van der Waals surface area contributed by atoms with Crippen molar-refractivity contribution in [1.29, 1.82) is 0 Å². The van der Waals surface area contributed by atoms with Gasteiger partial charge in [0.2, 0.25) is 0 Å². The van der Waals surface area contributed by atoms with E-state index in [2.05, 4.69) is 10.4 Å². The molecule has 6 heteroatoms. The lowest BCUT2D eigenvalue weighted by molar-refractivity contribution is 0.0948. The Kier molecular flexibility index (Phi) is 5.08. The number of aromatic nitrogens is 3. The van der Waals surface area contributed by atoms with Crippen LogP contribution in [-0.4, -0.2) is 40.5 Å². The van der Waals surface area contributed by atoms with Crippen LogP contribution in [0.5, 0.6) is 0 Å². The fraction of sp³-hybridized carbons (Fsp3) is 0.222. The normalized spacial score (nSPS) is 10.7. The van der Waals surface area contributed by atoms with Crippen molar-refractivity contribution in [1.82, 2.24) is 19.7 Å². The second kappa shape index (κ2) is 7.61. The van der Waals surface area contributed by atoms with E-state index in [1.165, 1.54) is 0 Å². The Hall–Kier alpha value is -2.86. The Morgan fingerprint density at radius 3 is 2.62 bits per heavy atom. The summed E-state index contributed by atoms with van der Waals surface area (Å²) in [5.74, 6) is 0.576. The number of hydrogen-bond donors (Lipinski definition) is 1. The Morgan fingerprint density at radius 1 is 1.17 bits per heavy atom. The van der Waals surface area contributed by atoms with Crippen molar-refractivity contribution in [2.24, 2.45) is 0 Å². The maximum Gasteiger partial charge on any atom is 0.256 e. The molecule has 1 N–H and O–H groups in total. The van der Waals surface area contributed by atoms with Crippen molar-refractivity contribution in [3.63, 3.8) is 0 Å². The third-order valence-corrected chi connectivity index (χ3v) is 3.65. The number of carbonyl (C=O) groups excluding carboxylic acids is 1. The molecule has 2 aromatic heterocycles. The van der Waals surface area contributed by atoms with Crippen molar-refractivity contribution in [3.05, 3.63) is 66.6 Å². The maximum atomic E-state index is 12.5. The van der Waals surface area contributed by atoms with Gasteiger partial charge in [0.25, 0.3) is 5.91 Å². The molecule has 3 rings (SSSR count). The molecule has 0 aliphatic rings. The average Bonchev–Trinajstić information content (AvgIpc) is 3.28.